The Balaban J connectivity index is 0.000000384. The Morgan fingerprint density at radius 2 is 1.95 bits per heavy atom. The number of nitrogens with zero attached hydrogens (tertiary/aromatic N) is 2. The van der Waals surface area contributed by atoms with Crippen LogP contribution in [0.2, 0.25) is 0 Å². The minimum Gasteiger partial charge on any atom is -0.743 e. The van der Waals surface area contributed by atoms with Gasteiger partial charge < -0.3 is 4.55 Å². The Bertz CT molecular complexity index is 544. The highest BCUT2D eigenvalue weighted by Crippen LogP contribution is 2.27. The van der Waals surface area contributed by atoms with Gasteiger partial charge in [0, 0.05) is 6.92 Å². The normalized spacial score (nSPS) is 12.2. The van der Waals surface area contributed by atoms with Crippen LogP contribution in [0.5, 0.6) is 0 Å². The first-order valence-electron chi connectivity index (χ1n) is 6.07. The molecule has 0 spiro atoms. The van der Waals surface area contributed by atoms with Crippen LogP contribution >= 0.6 is 0 Å². The Morgan fingerprint density at radius 3 is 2.19 bits per heavy atom. The number of rotatable bonds is 5. The van der Waals surface area contributed by atoms with Gasteiger partial charge in [0.1, 0.15) is 12.4 Å². The summed E-state index contributed by atoms with van der Waals surface area (Å²) in [6.45, 7) is 5.53. The lowest BCUT2D eigenvalue weighted by Gasteiger charge is -2.17. The summed E-state index contributed by atoms with van der Waals surface area (Å²) in [5, 5.41) is -5.48. The van der Waals surface area contributed by atoms with E-state index in [-0.39, 0.29) is 0 Å². The third kappa shape index (κ3) is 5.62. The van der Waals surface area contributed by atoms with Gasteiger partial charge in [0.25, 0.3) is 5.82 Å². The summed E-state index contributed by atoms with van der Waals surface area (Å²) < 4.78 is 77.1. The smallest absolute Gasteiger partial charge is 0.393 e. The molecule has 0 N–H and O–H groups in total. The fraction of sp³-hybridized carbons (Fsp3) is 0.727. The van der Waals surface area contributed by atoms with E-state index in [0.29, 0.717) is 0 Å². The first kappa shape index (κ1) is 19.8. The Kier molecular flexibility index (Phi) is 7.31. The lowest BCUT2D eigenvalue weighted by molar-refractivity contribution is -0.702. The second kappa shape index (κ2) is 7.74. The van der Waals surface area contributed by atoms with Crippen LogP contribution < -0.4 is 4.57 Å². The minimum atomic E-state index is -6.23. The van der Waals surface area contributed by atoms with Crippen molar-refractivity contribution < 1.29 is 35.1 Å². The van der Waals surface area contributed by atoms with E-state index >= 15 is 0 Å². The van der Waals surface area contributed by atoms with E-state index in [9.17, 15) is 30.5 Å². The van der Waals surface area contributed by atoms with E-state index in [4.69, 9.17) is 0 Å². The summed E-state index contributed by atoms with van der Waals surface area (Å²) in [6.07, 6.45) is 2.31. The molecule has 124 valence electrons. The molecule has 1 rings (SSSR count). The van der Waals surface area contributed by atoms with Gasteiger partial charge in [-0.3, -0.25) is 0 Å². The predicted octanol–water partition coefficient (Wildman–Crippen LogP) is 1.81. The van der Waals surface area contributed by atoms with Gasteiger partial charge in [-0.15, -0.1) is 0 Å². The molecule has 5 nitrogen and oxygen atoms in total. The van der Waals surface area contributed by atoms with Crippen molar-refractivity contribution in [1.29, 1.82) is 0 Å². The van der Waals surface area contributed by atoms with Crippen LogP contribution in [0.15, 0.2) is 12.4 Å². The number of imidazole rings is 1. The molecule has 0 saturated carbocycles. The fourth-order valence-corrected chi connectivity index (χ4v) is 1.49. The molecule has 0 bridgehead atoms. The van der Waals surface area contributed by atoms with E-state index in [1.54, 1.807) is 0 Å². The van der Waals surface area contributed by atoms with Gasteiger partial charge in [-0.1, -0.05) is 13.3 Å². The topological polar surface area (TPSA) is 66.0 Å². The van der Waals surface area contributed by atoms with Crippen LogP contribution in [0.1, 0.15) is 25.6 Å². The summed E-state index contributed by atoms with van der Waals surface area (Å²) in [4.78, 5) is 0. The number of aromatic nitrogens is 2. The SMILES string of the molecule is CCCC[n+]1ccn(C)c1C.O=S(=O)([O-])C(F)(F)C(F)F. The van der Waals surface area contributed by atoms with Crippen molar-refractivity contribution >= 4 is 10.1 Å². The molecule has 0 radical (unpaired) electrons. The molecule has 10 heteroatoms. The van der Waals surface area contributed by atoms with Crippen molar-refractivity contribution in [3.8, 4) is 0 Å². The minimum absolute atomic E-state index is 1.16. The Hall–Kier alpha value is -1.16. The first-order chi connectivity index (χ1) is 9.45. The van der Waals surface area contributed by atoms with E-state index < -0.39 is 21.8 Å². The summed E-state index contributed by atoms with van der Waals surface area (Å²) in [7, 11) is -4.15. The van der Waals surface area contributed by atoms with Crippen molar-refractivity contribution in [1.82, 2.24) is 4.57 Å². The predicted molar refractivity (Wildman–Crippen MR) is 65.9 cm³/mol. The van der Waals surface area contributed by atoms with Crippen LogP contribution in [0.4, 0.5) is 17.6 Å². The molecular formula is C11H18F4N2O3S. The maximum absolute atomic E-state index is 11.4. The van der Waals surface area contributed by atoms with Crippen molar-refractivity contribution in [3.05, 3.63) is 18.2 Å². The van der Waals surface area contributed by atoms with Gasteiger partial charge in [-0.2, -0.15) is 8.78 Å². The summed E-state index contributed by atoms with van der Waals surface area (Å²) in [5.41, 5.74) is 0. The quantitative estimate of drug-likeness (QED) is 0.469. The third-order valence-electron chi connectivity index (χ3n) is 2.74. The van der Waals surface area contributed by atoms with E-state index in [2.05, 4.69) is 42.4 Å². The highest BCUT2D eigenvalue weighted by Gasteiger charge is 2.48. The van der Waals surface area contributed by atoms with Crippen molar-refractivity contribution in [2.24, 2.45) is 7.05 Å². The average Bonchev–Trinajstić information content (AvgIpc) is 2.67. The summed E-state index contributed by atoms with van der Waals surface area (Å²) >= 11 is 0. The van der Waals surface area contributed by atoms with Crippen LogP contribution in [0, 0.1) is 6.92 Å². The van der Waals surface area contributed by atoms with Gasteiger partial charge in [-0.05, 0) is 6.42 Å². The molecule has 21 heavy (non-hydrogen) atoms. The molecule has 0 aromatic carbocycles. The molecule has 0 atom stereocenters. The molecule has 0 aliphatic rings. The molecule has 0 unspecified atom stereocenters. The Labute approximate surface area is 120 Å². The molecular weight excluding hydrogens is 316 g/mol. The Morgan fingerprint density at radius 1 is 1.43 bits per heavy atom. The zero-order chi connectivity index (χ0) is 16.8. The van der Waals surface area contributed by atoms with Crippen LogP contribution in [0.25, 0.3) is 0 Å². The third-order valence-corrected chi connectivity index (χ3v) is 3.58. The molecule has 0 aliphatic carbocycles. The van der Waals surface area contributed by atoms with Crippen molar-refractivity contribution in [2.45, 2.75) is 44.9 Å². The molecule has 0 aliphatic heterocycles. The molecule has 1 heterocycles. The van der Waals surface area contributed by atoms with Crippen LogP contribution in [-0.4, -0.2) is 29.2 Å². The zero-order valence-corrected chi connectivity index (χ0v) is 12.7. The number of aryl methyl sites for hydroxylation is 2. The van der Waals surface area contributed by atoms with E-state index in [1.165, 1.54) is 18.7 Å². The summed E-state index contributed by atoms with van der Waals surface area (Å²) in [6, 6.07) is 0. The first-order valence-corrected chi connectivity index (χ1v) is 7.48. The molecule has 1 aromatic heterocycles. The van der Waals surface area contributed by atoms with Gasteiger partial charge in [0.2, 0.25) is 0 Å². The molecule has 0 fully saturated rings. The second-order valence-corrected chi connectivity index (χ2v) is 5.77. The maximum Gasteiger partial charge on any atom is 0.393 e. The van der Waals surface area contributed by atoms with Crippen molar-refractivity contribution in [3.63, 3.8) is 0 Å². The maximum atomic E-state index is 11.4. The fourth-order valence-electron chi connectivity index (χ4n) is 1.27. The average molecular weight is 334 g/mol. The van der Waals surface area contributed by atoms with Gasteiger partial charge in [0.15, 0.2) is 10.1 Å². The van der Waals surface area contributed by atoms with Gasteiger partial charge >= 0.3 is 11.7 Å². The zero-order valence-electron chi connectivity index (χ0n) is 11.9. The highest BCUT2D eigenvalue weighted by molar-refractivity contribution is 7.86. The standard InChI is InChI=1S/C9H17N2.C2H2F4O3S/c1-4-5-6-11-8-7-10(3)9(11)2;3-1(4)2(5,6)10(7,8)9/h7-8H,4-6H2,1-3H3;1H,(H,7,8,9)/q+1;/p-1. The molecule has 1 aromatic rings. The lowest BCUT2D eigenvalue weighted by atomic mass is 10.3. The van der Waals surface area contributed by atoms with Gasteiger partial charge in [0.05, 0.1) is 13.6 Å². The van der Waals surface area contributed by atoms with Crippen LogP contribution in [-0.2, 0) is 23.7 Å². The van der Waals surface area contributed by atoms with E-state index in [0.717, 1.165) is 6.54 Å². The van der Waals surface area contributed by atoms with E-state index in [1.807, 2.05) is 0 Å². The highest BCUT2D eigenvalue weighted by atomic mass is 32.2. The number of hydrogen-bond acceptors (Lipinski definition) is 3. The monoisotopic (exact) mass is 334 g/mol. The molecule has 0 saturated heterocycles. The number of halogens is 4. The summed E-state index contributed by atoms with van der Waals surface area (Å²) in [5.74, 6) is 1.33. The lowest BCUT2D eigenvalue weighted by Crippen LogP contribution is -2.36. The van der Waals surface area contributed by atoms with Crippen LogP contribution in [0.3, 0.4) is 0 Å². The van der Waals surface area contributed by atoms with Gasteiger partial charge in [-0.25, -0.2) is 26.3 Å². The number of alkyl halides is 4. The number of hydrogen-bond donors (Lipinski definition) is 0. The number of unbranched alkanes of at least 4 members (excludes halogenated alkanes) is 1. The second-order valence-electron chi connectivity index (χ2n) is 4.32. The van der Waals surface area contributed by atoms with Crippen molar-refractivity contribution in [2.75, 3.05) is 0 Å². The largest absolute Gasteiger partial charge is 0.743 e. The molecule has 0 amide bonds.